The molecule has 0 aliphatic heterocycles. The zero-order valence-corrected chi connectivity index (χ0v) is 9.81. The lowest BCUT2D eigenvalue weighted by atomic mass is 10.1. The molecule has 0 saturated carbocycles. The maximum absolute atomic E-state index is 11.3. The van der Waals surface area contributed by atoms with Crippen LogP contribution in [0.1, 0.15) is 10.4 Å². The number of carbonyl (C=O) groups is 1. The van der Waals surface area contributed by atoms with Gasteiger partial charge in [0.15, 0.2) is 0 Å². The number of methoxy groups -OCH3 is 1. The van der Waals surface area contributed by atoms with E-state index < -0.39 is 5.97 Å². The molecule has 0 amide bonds. The van der Waals surface area contributed by atoms with Crippen LogP contribution in [0.5, 0.6) is 0 Å². The first-order chi connectivity index (χ1) is 8.22. The van der Waals surface area contributed by atoms with Crippen molar-refractivity contribution < 1.29 is 9.53 Å². The fourth-order valence-corrected chi connectivity index (χ4v) is 1.67. The smallest absolute Gasteiger partial charge is 0.339 e. The van der Waals surface area contributed by atoms with Crippen LogP contribution in [0.15, 0.2) is 36.8 Å². The fraction of sp³-hybridized carbons (Fsp3) is 0.0833. The van der Waals surface area contributed by atoms with Crippen LogP contribution < -0.4 is 0 Å². The van der Waals surface area contributed by atoms with Gasteiger partial charge in [0.2, 0.25) is 0 Å². The quantitative estimate of drug-likeness (QED) is 0.767. The van der Waals surface area contributed by atoms with E-state index in [9.17, 15) is 4.79 Å². The first-order valence-corrected chi connectivity index (χ1v) is 5.24. The third-order valence-electron chi connectivity index (χ3n) is 2.22. The maximum atomic E-state index is 11.3. The number of esters is 1. The van der Waals surface area contributed by atoms with Gasteiger partial charge in [-0.3, -0.25) is 9.97 Å². The van der Waals surface area contributed by atoms with E-state index >= 15 is 0 Å². The molecule has 2 rings (SSSR count). The summed E-state index contributed by atoms with van der Waals surface area (Å²) in [7, 11) is 1.31. The van der Waals surface area contributed by atoms with Gasteiger partial charge in [0.1, 0.15) is 0 Å². The molecule has 5 heteroatoms. The molecule has 86 valence electrons. The van der Waals surface area contributed by atoms with Crippen LogP contribution in [0.3, 0.4) is 0 Å². The van der Waals surface area contributed by atoms with Gasteiger partial charge in [-0.25, -0.2) is 4.79 Å². The zero-order valence-electron chi connectivity index (χ0n) is 9.05. The van der Waals surface area contributed by atoms with Crippen molar-refractivity contribution in [3.05, 3.63) is 47.4 Å². The van der Waals surface area contributed by atoms with Crippen molar-refractivity contribution in [3.8, 4) is 11.3 Å². The minimum Gasteiger partial charge on any atom is -0.465 e. The predicted octanol–water partition coefficient (Wildman–Crippen LogP) is 2.58. The largest absolute Gasteiger partial charge is 0.465 e. The summed E-state index contributed by atoms with van der Waals surface area (Å²) in [6.45, 7) is 0. The molecule has 4 nitrogen and oxygen atoms in total. The molecule has 0 aromatic carbocycles. The lowest BCUT2D eigenvalue weighted by molar-refractivity contribution is 0.0600. The second kappa shape index (κ2) is 4.93. The lowest BCUT2D eigenvalue weighted by Gasteiger charge is -2.05. The van der Waals surface area contributed by atoms with E-state index in [0.717, 1.165) is 5.56 Å². The van der Waals surface area contributed by atoms with Gasteiger partial charge in [0, 0.05) is 24.2 Å². The average Bonchev–Trinajstić information content (AvgIpc) is 2.38. The molecule has 0 unspecified atom stereocenters. The third-order valence-corrected chi connectivity index (χ3v) is 2.50. The number of pyridine rings is 2. The molecule has 0 bridgehead atoms. The molecule has 17 heavy (non-hydrogen) atoms. The summed E-state index contributed by atoms with van der Waals surface area (Å²) in [5.41, 5.74) is 1.79. The van der Waals surface area contributed by atoms with Crippen LogP contribution in [-0.4, -0.2) is 23.0 Å². The SMILES string of the molecule is COC(=O)c1cnc(-c2ccncc2)c(Cl)c1. The Morgan fingerprint density at radius 2 is 2.06 bits per heavy atom. The van der Waals surface area contributed by atoms with Crippen LogP contribution in [0.4, 0.5) is 0 Å². The van der Waals surface area contributed by atoms with Crippen molar-refractivity contribution in [2.75, 3.05) is 7.11 Å². The van der Waals surface area contributed by atoms with Gasteiger partial charge in [0.25, 0.3) is 0 Å². The highest BCUT2D eigenvalue weighted by molar-refractivity contribution is 6.33. The average molecular weight is 249 g/mol. The molecular formula is C12H9ClN2O2. The van der Waals surface area contributed by atoms with Crippen molar-refractivity contribution in [1.29, 1.82) is 0 Å². The van der Waals surface area contributed by atoms with Gasteiger partial charge in [-0.1, -0.05) is 11.6 Å². The van der Waals surface area contributed by atoms with Crippen LogP contribution >= 0.6 is 11.6 Å². The summed E-state index contributed by atoms with van der Waals surface area (Å²) < 4.78 is 4.59. The fourth-order valence-electron chi connectivity index (χ4n) is 1.39. The van der Waals surface area contributed by atoms with Crippen LogP contribution in [0.25, 0.3) is 11.3 Å². The molecule has 0 aliphatic carbocycles. The number of halogens is 1. The standard InChI is InChI=1S/C12H9ClN2O2/c1-17-12(16)9-6-10(13)11(15-7-9)8-2-4-14-5-3-8/h2-7H,1H3. The summed E-state index contributed by atoms with van der Waals surface area (Å²) in [5.74, 6) is -0.458. The minimum atomic E-state index is -0.458. The predicted molar refractivity (Wildman–Crippen MR) is 63.8 cm³/mol. The van der Waals surface area contributed by atoms with E-state index in [1.54, 1.807) is 24.5 Å². The first kappa shape index (κ1) is 11.5. The highest BCUT2D eigenvalue weighted by Crippen LogP contribution is 2.25. The molecule has 0 N–H and O–H groups in total. The number of carbonyl (C=O) groups excluding carboxylic acids is 1. The van der Waals surface area contributed by atoms with Crippen LogP contribution in [-0.2, 0) is 4.74 Å². The lowest BCUT2D eigenvalue weighted by Crippen LogP contribution is -2.02. The van der Waals surface area contributed by atoms with Crippen molar-refractivity contribution in [2.24, 2.45) is 0 Å². The molecule has 0 fully saturated rings. The number of hydrogen-bond donors (Lipinski definition) is 0. The Bertz CT molecular complexity index is 543. The van der Waals surface area contributed by atoms with E-state index in [4.69, 9.17) is 11.6 Å². The van der Waals surface area contributed by atoms with Gasteiger partial charge in [-0.05, 0) is 18.2 Å². The Morgan fingerprint density at radius 1 is 1.35 bits per heavy atom. The Labute approximate surface area is 103 Å². The first-order valence-electron chi connectivity index (χ1n) is 4.86. The van der Waals surface area contributed by atoms with E-state index in [1.165, 1.54) is 19.4 Å². The van der Waals surface area contributed by atoms with Crippen molar-refractivity contribution in [1.82, 2.24) is 9.97 Å². The summed E-state index contributed by atoms with van der Waals surface area (Å²) in [6, 6.07) is 5.13. The van der Waals surface area contributed by atoms with E-state index in [-0.39, 0.29) is 0 Å². The van der Waals surface area contributed by atoms with Crippen molar-refractivity contribution in [3.63, 3.8) is 0 Å². The molecular weight excluding hydrogens is 240 g/mol. The van der Waals surface area contributed by atoms with Crippen LogP contribution in [0.2, 0.25) is 5.02 Å². The zero-order chi connectivity index (χ0) is 12.3. The van der Waals surface area contributed by atoms with Gasteiger partial charge in [-0.2, -0.15) is 0 Å². The highest BCUT2D eigenvalue weighted by atomic mass is 35.5. The second-order valence-corrected chi connectivity index (χ2v) is 3.69. The molecule has 0 spiro atoms. The molecule has 0 radical (unpaired) electrons. The van der Waals surface area contributed by atoms with E-state index in [0.29, 0.717) is 16.3 Å². The monoisotopic (exact) mass is 248 g/mol. The number of rotatable bonds is 2. The number of ether oxygens (including phenoxy) is 1. The van der Waals surface area contributed by atoms with Gasteiger partial charge in [-0.15, -0.1) is 0 Å². The van der Waals surface area contributed by atoms with Gasteiger partial charge in [0.05, 0.1) is 23.4 Å². The summed E-state index contributed by atoms with van der Waals surface area (Å²) in [4.78, 5) is 19.4. The topological polar surface area (TPSA) is 52.1 Å². The Morgan fingerprint density at radius 3 is 2.65 bits per heavy atom. The number of nitrogens with zero attached hydrogens (tertiary/aromatic N) is 2. The summed E-state index contributed by atoms with van der Waals surface area (Å²) in [6.07, 6.45) is 4.75. The third kappa shape index (κ3) is 2.42. The molecule has 2 aromatic heterocycles. The maximum Gasteiger partial charge on any atom is 0.339 e. The molecule has 2 aromatic rings. The number of aromatic nitrogens is 2. The Kier molecular flexibility index (Phi) is 3.35. The Hall–Kier alpha value is -1.94. The summed E-state index contributed by atoms with van der Waals surface area (Å²) >= 11 is 6.07. The van der Waals surface area contributed by atoms with Gasteiger partial charge >= 0.3 is 5.97 Å². The second-order valence-electron chi connectivity index (χ2n) is 3.28. The van der Waals surface area contributed by atoms with E-state index in [1.807, 2.05) is 0 Å². The highest BCUT2D eigenvalue weighted by Gasteiger charge is 2.10. The van der Waals surface area contributed by atoms with Gasteiger partial charge < -0.3 is 4.74 Å². The molecule has 0 saturated heterocycles. The normalized spacial score (nSPS) is 10.0. The van der Waals surface area contributed by atoms with Crippen molar-refractivity contribution >= 4 is 17.6 Å². The summed E-state index contributed by atoms with van der Waals surface area (Å²) in [5, 5.41) is 0.402. The molecule has 0 aliphatic rings. The number of hydrogen-bond acceptors (Lipinski definition) is 4. The van der Waals surface area contributed by atoms with Crippen LogP contribution in [0, 0.1) is 0 Å². The van der Waals surface area contributed by atoms with E-state index in [2.05, 4.69) is 14.7 Å². The Balaban J connectivity index is 2.42. The van der Waals surface area contributed by atoms with Crippen molar-refractivity contribution in [2.45, 2.75) is 0 Å². The minimum absolute atomic E-state index is 0.329. The molecule has 2 heterocycles. The molecule has 0 atom stereocenters.